The fraction of sp³-hybridized carbons (Fsp3) is 0.182. The Bertz CT molecular complexity index is 456. The fourth-order valence-corrected chi connectivity index (χ4v) is 1.38. The van der Waals surface area contributed by atoms with E-state index >= 15 is 0 Å². The zero-order valence-corrected chi connectivity index (χ0v) is 8.83. The molecule has 0 atom stereocenters. The number of benzene rings is 1. The lowest BCUT2D eigenvalue weighted by Gasteiger charge is -2.03. The lowest BCUT2D eigenvalue weighted by molar-refractivity contribution is 1.15. The van der Waals surface area contributed by atoms with Gasteiger partial charge in [-0.25, -0.2) is 4.98 Å². The highest BCUT2D eigenvalue weighted by Gasteiger charge is 2.04. The predicted molar refractivity (Wildman–Crippen MR) is 62.2 cm³/mol. The normalized spacial score (nSPS) is 10.3. The summed E-state index contributed by atoms with van der Waals surface area (Å²) in [6, 6.07) is 8.08. The Morgan fingerprint density at radius 3 is 2.40 bits per heavy atom. The summed E-state index contributed by atoms with van der Waals surface area (Å²) in [5, 5.41) is 3.15. The Balaban J connectivity index is 2.21. The molecular weight excluding hydrogens is 188 g/mol. The van der Waals surface area contributed by atoms with Crippen LogP contribution in [0.2, 0.25) is 0 Å². The van der Waals surface area contributed by atoms with Gasteiger partial charge in [0, 0.05) is 5.69 Å². The van der Waals surface area contributed by atoms with Gasteiger partial charge in [-0.15, -0.1) is 0 Å². The summed E-state index contributed by atoms with van der Waals surface area (Å²) in [5.74, 6) is 2.05. The van der Waals surface area contributed by atoms with E-state index in [1.165, 1.54) is 5.56 Å². The van der Waals surface area contributed by atoms with Crippen LogP contribution in [-0.2, 0) is 0 Å². The smallest absolute Gasteiger partial charge is 0.173 e. The molecule has 4 nitrogen and oxygen atoms in total. The van der Waals surface area contributed by atoms with Gasteiger partial charge in [0.1, 0.15) is 11.6 Å². The van der Waals surface area contributed by atoms with Crippen molar-refractivity contribution >= 4 is 17.3 Å². The SMILES string of the molecule is Cc1ccc(Nc2nc(C)[nH]c2N)cc1. The number of hydrogen-bond donors (Lipinski definition) is 3. The maximum Gasteiger partial charge on any atom is 0.173 e. The van der Waals surface area contributed by atoms with Crippen LogP contribution in [0.15, 0.2) is 24.3 Å². The number of aromatic amines is 1. The van der Waals surface area contributed by atoms with Gasteiger partial charge in [-0.05, 0) is 26.0 Å². The minimum atomic E-state index is 0.563. The number of rotatable bonds is 2. The second-order valence-corrected chi connectivity index (χ2v) is 3.58. The number of aryl methyl sites for hydroxylation is 2. The van der Waals surface area contributed by atoms with Crippen molar-refractivity contribution in [1.29, 1.82) is 0 Å². The highest BCUT2D eigenvalue weighted by atomic mass is 15.1. The molecule has 0 aliphatic rings. The molecule has 0 saturated heterocycles. The molecule has 0 bridgehead atoms. The van der Waals surface area contributed by atoms with Crippen LogP contribution in [0.1, 0.15) is 11.4 Å². The summed E-state index contributed by atoms with van der Waals surface area (Å²) in [6.45, 7) is 3.92. The average Bonchev–Trinajstić information content (AvgIpc) is 2.49. The molecule has 78 valence electrons. The number of imidazole rings is 1. The quantitative estimate of drug-likeness (QED) is 0.700. The Hall–Kier alpha value is -1.97. The Morgan fingerprint density at radius 1 is 1.20 bits per heavy atom. The van der Waals surface area contributed by atoms with Crippen molar-refractivity contribution in [3.05, 3.63) is 35.7 Å². The van der Waals surface area contributed by atoms with Gasteiger partial charge in [0.05, 0.1) is 0 Å². The number of nitrogens with one attached hydrogen (secondary N) is 2. The van der Waals surface area contributed by atoms with Gasteiger partial charge in [-0.1, -0.05) is 17.7 Å². The van der Waals surface area contributed by atoms with E-state index in [9.17, 15) is 0 Å². The molecule has 15 heavy (non-hydrogen) atoms. The molecule has 1 aromatic heterocycles. The van der Waals surface area contributed by atoms with Gasteiger partial charge in [-0.2, -0.15) is 0 Å². The molecule has 0 spiro atoms. The van der Waals surface area contributed by atoms with E-state index in [1.807, 2.05) is 31.2 Å². The second kappa shape index (κ2) is 3.65. The van der Waals surface area contributed by atoms with Crippen molar-refractivity contribution in [2.24, 2.45) is 0 Å². The first-order chi connectivity index (χ1) is 7.15. The number of hydrogen-bond acceptors (Lipinski definition) is 3. The predicted octanol–water partition coefficient (Wildman–Crippen LogP) is 2.35. The first-order valence-corrected chi connectivity index (χ1v) is 4.81. The maximum atomic E-state index is 5.74. The van der Waals surface area contributed by atoms with Crippen LogP contribution in [0.25, 0.3) is 0 Å². The van der Waals surface area contributed by atoms with Crippen LogP contribution < -0.4 is 11.1 Å². The third-order valence-corrected chi connectivity index (χ3v) is 2.16. The van der Waals surface area contributed by atoms with Crippen LogP contribution >= 0.6 is 0 Å². The number of anilines is 3. The largest absolute Gasteiger partial charge is 0.382 e. The molecule has 1 aromatic carbocycles. The lowest BCUT2D eigenvalue weighted by atomic mass is 10.2. The summed E-state index contributed by atoms with van der Waals surface area (Å²) in [4.78, 5) is 7.18. The van der Waals surface area contributed by atoms with Crippen LogP contribution in [0.4, 0.5) is 17.3 Å². The molecule has 0 radical (unpaired) electrons. The number of nitrogen functional groups attached to an aromatic ring is 1. The Labute approximate surface area is 88.5 Å². The molecule has 0 aliphatic heterocycles. The fourth-order valence-electron chi connectivity index (χ4n) is 1.38. The number of aromatic nitrogens is 2. The number of nitrogens with zero attached hydrogens (tertiary/aromatic N) is 1. The average molecular weight is 202 g/mol. The van der Waals surface area contributed by atoms with Gasteiger partial charge >= 0.3 is 0 Å². The number of nitrogens with two attached hydrogens (primary N) is 1. The van der Waals surface area contributed by atoms with Gasteiger partial charge in [0.25, 0.3) is 0 Å². The summed E-state index contributed by atoms with van der Waals surface area (Å²) in [5.41, 5.74) is 7.95. The van der Waals surface area contributed by atoms with E-state index in [2.05, 4.69) is 22.2 Å². The highest BCUT2D eigenvalue weighted by Crippen LogP contribution is 2.20. The topological polar surface area (TPSA) is 66.7 Å². The van der Waals surface area contributed by atoms with Crippen molar-refractivity contribution in [2.45, 2.75) is 13.8 Å². The maximum absolute atomic E-state index is 5.74. The van der Waals surface area contributed by atoms with Crippen molar-refractivity contribution in [1.82, 2.24) is 9.97 Å². The minimum absolute atomic E-state index is 0.563. The molecule has 2 aromatic rings. The van der Waals surface area contributed by atoms with E-state index in [4.69, 9.17) is 5.73 Å². The van der Waals surface area contributed by atoms with E-state index in [0.29, 0.717) is 11.6 Å². The third-order valence-electron chi connectivity index (χ3n) is 2.16. The molecule has 0 amide bonds. The van der Waals surface area contributed by atoms with E-state index in [-0.39, 0.29) is 0 Å². The van der Waals surface area contributed by atoms with Gasteiger partial charge in [0.15, 0.2) is 5.82 Å². The minimum Gasteiger partial charge on any atom is -0.382 e. The zero-order chi connectivity index (χ0) is 10.8. The van der Waals surface area contributed by atoms with Crippen LogP contribution in [0.5, 0.6) is 0 Å². The molecule has 0 aliphatic carbocycles. The van der Waals surface area contributed by atoms with Crippen LogP contribution in [-0.4, -0.2) is 9.97 Å². The van der Waals surface area contributed by atoms with Gasteiger partial charge < -0.3 is 16.0 Å². The molecular formula is C11H14N4. The van der Waals surface area contributed by atoms with E-state index in [0.717, 1.165) is 11.5 Å². The summed E-state index contributed by atoms with van der Waals surface area (Å²) in [7, 11) is 0. The monoisotopic (exact) mass is 202 g/mol. The highest BCUT2D eigenvalue weighted by molar-refractivity contribution is 5.66. The van der Waals surface area contributed by atoms with Crippen molar-refractivity contribution in [2.75, 3.05) is 11.1 Å². The molecule has 1 heterocycles. The summed E-state index contributed by atoms with van der Waals surface area (Å²) in [6.07, 6.45) is 0. The Morgan fingerprint density at radius 2 is 1.87 bits per heavy atom. The van der Waals surface area contributed by atoms with Gasteiger partial charge in [-0.3, -0.25) is 0 Å². The number of H-pyrrole nitrogens is 1. The van der Waals surface area contributed by atoms with Crippen molar-refractivity contribution in [3.63, 3.8) is 0 Å². The molecule has 0 fully saturated rings. The standard InChI is InChI=1S/C11H14N4/c1-7-3-5-9(6-4-7)15-11-10(12)13-8(2)14-11/h3-6,15H,12H2,1-2H3,(H,13,14). The van der Waals surface area contributed by atoms with Crippen molar-refractivity contribution < 1.29 is 0 Å². The summed E-state index contributed by atoms with van der Waals surface area (Å²) >= 11 is 0. The van der Waals surface area contributed by atoms with Crippen LogP contribution in [0, 0.1) is 13.8 Å². The zero-order valence-electron chi connectivity index (χ0n) is 8.83. The molecule has 2 rings (SSSR count). The van der Waals surface area contributed by atoms with Crippen molar-refractivity contribution in [3.8, 4) is 0 Å². The first-order valence-electron chi connectivity index (χ1n) is 4.81. The summed E-state index contributed by atoms with van der Waals surface area (Å²) < 4.78 is 0. The van der Waals surface area contributed by atoms with E-state index in [1.54, 1.807) is 0 Å². The molecule has 0 unspecified atom stereocenters. The van der Waals surface area contributed by atoms with E-state index < -0.39 is 0 Å². The molecule has 4 heteroatoms. The first kappa shape index (κ1) is 9.58. The molecule has 4 N–H and O–H groups in total. The third kappa shape index (κ3) is 2.10. The Kier molecular flexibility index (Phi) is 2.33. The second-order valence-electron chi connectivity index (χ2n) is 3.58. The van der Waals surface area contributed by atoms with Gasteiger partial charge in [0.2, 0.25) is 0 Å². The lowest BCUT2D eigenvalue weighted by Crippen LogP contribution is -1.95. The van der Waals surface area contributed by atoms with Crippen LogP contribution in [0.3, 0.4) is 0 Å². The molecule has 0 saturated carbocycles.